The lowest BCUT2D eigenvalue weighted by atomic mass is 10.0. The van der Waals surface area contributed by atoms with Gasteiger partial charge in [-0.2, -0.15) is 5.10 Å². The molecule has 1 fully saturated rings. The number of aryl methyl sites for hydroxylation is 1. The molecule has 4 heteroatoms. The van der Waals surface area contributed by atoms with Gasteiger partial charge >= 0.3 is 0 Å². The van der Waals surface area contributed by atoms with Crippen LogP contribution in [0.4, 0.5) is 5.82 Å². The number of halogens is 1. The summed E-state index contributed by atoms with van der Waals surface area (Å²) in [5.41, 5.74) is 0.974. The van der Waals surface area contributed by atoms with Crippen molar-refractivity contribution in [1.29, 1.82) is 0 Å². The highest BCUT2D eigenvalue weighted by atomic mass is 79.9. The normalized spacial score (nSPS) is 26.7. The van der Waals surface area contributed by atoms with Gasteiger partial charge in [-0.1, -0.05) is 22.9 Å². The van der Waals surface area contributed by atoms with Crippen molar-refractivity contribution < 1.29 is 0 Å². The summed E-state index contributed by atoms with van der Waals surface area (Å²) in [6.45, 7) is 6.36. The highest BCUT2D eigenvalue weighted by Crippen LogP contribution is 2.25. The third-order valence-corrected chi connectivity index (χ3v) is 4.27. The van der Waals surface area contributed by atoms with Crippen LogP contribution in [0.25, 0.3) is 0 Å². The SMILES string of the molecule is Cc1ccc(N2CCC(Br)C(C)C2)nn1. The van der Waals surface area contributed by atoms with Crippen molar-refractivity contribution in [3.05, 3.63) is 17.8 Å². The number of nitrogens with zero attached hydrogens (tertiary/aromatic N) is 3. The van der Waals surface area contributed by atoms with Crippen LogP contribution >= 0.6 is 15.9 Å². The highest BCUT2D eigenvalue weighted by Gasteiger charge is 2.24. The molecule has 0 bridgehead atoms. The predicted octanol–water partition coefficient (Wildman–Crippen LogP) is 2.39. The average Bonchev–Trinajstić information content (AvgIpc) is 2.23. The van der Waals surface area contributed by atoms with E-state index >= 15 is 0 Å². The van der Waals surface area contributed by atoms with Gasteiger partial charge in [-0.05, 0) is 31.4 Å². The summed E-state index contributed by atoms with van der Waals surface area (Å²) >= 11 is 3.70. The van der Waals surface area contributed by atoms with E-state index in [1.165, 1.54) is 6.42 Å². The van der Waals surface area contributed by atoms with Crippen molar-refractivity contribution in [3.8, 4) is 0 Å². The first kappa shape index (κ1) is 10.9. The van der Waals surface area contributed by atoms with Crippen molar-refractivity contribution in [2.75, 3.05) is 18.0 Å². The van der Waals surface area contributed by atoms with Crippen LogP contribution < -0.4 is 4.90 Å². The molecule has 1 aliphatic heterocycles. The number of alkyl halides is 1. The van der Waals surface area contributed by atoms with E-state index in [-0.39, 0.29) is 0 Å². The Kier molecular flexibility index (Phi) is 3.24. The van der Waals surface area contributed by atoms with Crippen LogP contribution in [0.5, 0.6) is 0 Å². The molecule has 1 saturated heterocycles. The van der Waals surface area contributed by atoms with Crippen LogP contribution in [0.1, 0.15) is 19.0 Å². The van der Waals surface area contributed by atoms with Crippen molar-refractivity contribution in [3.63, 3.8) is 0 Å². The monoisotopic (exact) mass is 269 g/mol. The minimum atomic E-state index is 0.646. The second-order valence-corrected chi connectivity index (χ2v) is 5.44. The van der Waals surface area contributed by atoms with Crippen LogP contribution in [0.2, 0.25) is 0 Å². The van der Waals surface area contributed by atoms with E-state index in [1.54, 1.807) is 0 Å². The van der Waals surface area contributed by atoms with Crippen LogP contribution in [0, 0.1) is 12.8 Å². The van der Waals surface area contributed by atoms with Gasteiger partial charge in [0.05, 0.1) is 5.69 Å². The quantitative estimate of drug-likeness (QED) is 0.734. The number of piperidine rings is 1. The van der Waals surface area contributed by atoms with E-state index in [0.29, 0.717) is 10.7 Å². The average molecular weight is 270 g/mol. The minimum absolute atomic E-state index is 0.646. The molecule has 0 aliphatic carbocycles. The highest BCUT2D eigenvalue weighted by molar-refractivity contribution is 9.09. The van der Waals surface area contributed by atoms with Crippen molar-refractivity contribution >= 4 is 21.7 Å². The molecule has 1 aliphatic rings. The number of aromatic nitrogens is 2. The Morgan fingerprint density at radius 3 is 2.80 bits per heavy atom. The van der Waals surface area contributed by atoms with Gasteiger partial charge in [-0.15, -0.1) is 5.10 Å². The first-order valence-corrected chi connectivity index (χ1v) is 6.28. The first-order valence-electron chi connectivity index (χ1n) is 5.36. The Morgan fingerprint density at radius 1 is 1.40 bits per heavy atom. The molecule has 0 N–H and O–H groups in total. The lowest BCUT2D eigenvalue weighted by Gasteiger charge is -2.34. The molecular formula is C11H16BrN3. The Bertz CT molecular complexity index is 325. The van der Waals surface area contributed by atoms with Gasteiger partial charge in [0.2, 0.25) is 0 Å². The summed E-state index contributed by atoms with van der Waals surface area (Å²) in [4.78, 5) is 2.96. The van der Waals surface area contributed by atoms with Crippen LogP contribution in [0.3, 0.4) is 0 Å². The van der Waals surface area contributed by atoms with E-state index in [9.17, 15) is 0 Å². The van der Waals surface area contributed by atoms with Gasteiger partial charge in [0.15, 0.2) is 5.82 Å². The summed E-state index contributed by atoms with van der Waals surface area (Å²) in [6.07, 6.45) is 1.18. The summed E-state index contributed by atoms with van der Waals surface area (Å²) in [5.74, 6) is 1.67. The fourth-order valence-corrected chi connectivity index (χ4v) is 2.26. The lowest BCUT2D eigenvalue weighted by molar-refractivity contribution is 0.462. The summed E-state index contributed by atoms with van der Waals surface area (Å²) in [7, 11) is 0. The minimum Gasteiger partial charge on any atom is -0.355 e. The lowest BCUT2D eigenvalue weighted by Crippen LogP contribution is -2.40. The predicted molar refractivity (Wildman–Crippen MR) is 65.5 cm³/mol. The summed E-state index contributed by atoms with van der Waals surface area (Å²) in [6, 6.07) is 4.08. The zero-order valence-corrected chi connectivity index (χ0v) is 10.7. The molecule has 82 valence electrons. The molecule has 3 nitrogen and oxygen atoms in total. The van der Waals surface area contributed by atoms with Gasteiger partial charge in [0.25, 0.3) is 0 Å². The Hall–Kier alpha value is -0.640. The molecule has 2 atom stereocenters. The van der Waals surface area contributed by atoms with Gasteiger partial charge in [-0.3, -0.25) is 0 Å². The number of hydrogen-bond acceptors (Lipinski definition) is 3. The molecule has 15 heavy (non-hydrogen) atoms. The van der Waals surface area contributed by atoms with Gasteiger partial charge in [0.1, 0.15) is 0 Å². The van der Waals surface area contributed by atoms with Crippen LogP contribution in [-0.2, 0) is 0 Å². The smallest absolute Gasteiger partial charge is 0.151 e. The van der Waals surface area contributed by atoms with E-state index in [4.69, 9.17) is 0 Å². The maximum atomic E-state index is 4.22. The molecule has 0 radical (unpaired) electrons. The van der Waals surface area contributed by atoms with E-state index < -0.39 is 0 Å². The Labute approximate surface area is 99.0 Å². The van der Waals surface area contributed by atoms with Gasteiger partial charge in [-0.25, -0.2) is 0 Å². The summed E-state index contributed by atoms with van der Waals surface area (Å²) in [5, 5.41) is 8.32. The maximum absolute atomic E-state index is 4.22. The Morgan fingerprint density at radius 2 is 2.20 bits per heavy atom. The molecule has 0 saturated carbocycles. The molecule has 2 unspecified atom stereocenters. The number of anilines is 1. The molecular weight excluding hydrogens is 254 g/mol. The Balaban J connectivity index is 2.08. The third-order valence-electron chi connectivity index (χ3n) is 2.91. The fourth-order valence-electron chi connectivity index (χ4n) is 1.89. The second-order valence-electron chi connectivity index (χ2n) is 4.26. The molecule has 0 spiro atoms. The molecule has 1 aromatic heterocycles. The number of rotatable bonds is 1. The van der Waals surface area contributed by atoms with Gasteiger partial charge < -0.3 is 4.90 Å². The first-order chi connectivity index (χ1) is 7.16. The van der Waals surface area contributed by atoms with Crippen molar-refractivity contribution in [2.45, 2.75) is 25.1 Å². The molecule has 0 aromatic carbocycles. The third kappa shape index (κ3) is 2.48. The zero-order valence-electron chi connectivity index (χ0n) is 9.15. The van der Waals surface area contributed by atoms with E-state index in [1.807, 2.05) is 13.0 Å². The van der Waals surface area contributed by atoms with Crippen molar-refractivity contribution in [1.82, 2.24) is 10.2 Å². The summed E-state index contributed by atoms with van der Waals surface area (Å²) < 4.78 is 0. The van der Waals surface area contributed by atoms with Gasteiger partial charge in [0, 0.05) is 17.9 Å². The van der Waals surface area contributed by atoms with E-state index in [0.717, 1.165) is 24.6 Å². The van der Waals surface area contributed by atoms with Crippen LogP contribution in [-0.4, -0.2) is 28.1 Å². The topological polar surface area (TPSA) is 29.0 Å². The molecule has 0 amide bonds. The molecule has 1 aromatic rings. The fraction of sp³-hybridized carbons (Fsp3) is 0.636. The van der Waals surface area contributed by atoms with E-state index in [2.05, 4.69) is 44.0 Å². The van der Waals surface area contributed by atoms with Crippen molar-refractivity contribution in [2.24, 2.45) is 5.92 Å². The molecule has 2 rings (SSSR count). The standard InChI is InChI=1S/C11H16BrN3/c1-8-7-15(6-5-10(8)12)11-4-3-9(2)13-14-11/h3-4,8,10H,5-7H2,1-2H3. The number of hydrogen-bond donors (Lipinski definition) is 0. The zero-order chi connectivity index (χ0) is 10.8. The molecule has 2 heterocycles. The maximum Gasteiger partial charge on any atom is 0.151 e. The van der Waals surface area contributed by atoms with Crippen LogP contribution in [0.15, 0.2) is 12.1 Å². The second kappa shape index (κ2) is 4.47. The largest absolute Gasteiger partial charge is 0.355 e.